The maximum atomic E-state index is 4.72. The van der Waals surface area contributed by atoms with Crippen molar-refractivity contribution in [3.63, 3.8) is 0 Å². The molecule has 0 saturated heterocycles. The lowest BCUT2D eigenvalue weighted by atomic mass is 10.3. The summed E-state index contributed by atoms with van der Waals surface area (Å²) in [6.07, 6.45) is 1.77. The molecule has 0 radical (unpaired) electrons. The Kier molecular flexibility index (Phi) is 5.32. The number of benzene rings is 1. The first-order valence-corrected chi connectivity index (χ1v) is 7.32. The van der Waals surface area contributed by atoms with Gasteiger partial charge in [-0.25, -0.2) is 4.98 Å². The molecule has 0 aliphatic rings. The van der Waals surface area contributed by atoms with E-state index < -0.39 is 0 Å². The Labute approximate surface area is 126 Å². The number of para-hydroxylation sites is 1. The predicted octanol–water partition coefficient (Wildman–Crippen LogP) is 3.83. The second-order valence-electron chi connectivity index (χ2n) is 4.74. The van der Waals surface area contributed by atoms with E-state index in [1.165, 1.54) is 0 Å². The van der Waals surface area contributed by atoms with E-state index in [0.29, 0.717) is 0 Å². The zero-order chi connectivity index (χ0) is 15.1. The molecule has 4 nitrogen and oxygen atoms in total. The Hall–Kier alpha value is -2.36. The minimum absolute atomic E-state index is 0.753. The molecule has 1 N–H and O–H groups in total. The molecule has 1 aromatic carbocycles. The second-order valence-corrected chi connectivity index (χ2v) is 4.74. The van der Waals surface area contributed by atoms with Gasteiger partial charge >= 0.3 is 0 Å². The Morgan fingerprint density at radius 1 is 1.10 bits per heavy atom. The van der Waals surface area contributed by atoms with Crippen molar-refractivity contribution in [3.05, 3.63) is 54.2 Å². The van der Waals surface area contributed by atoms with Crippen LogP contribution in [0.15, 0.2) is 53.7 Å². The summed E-state index contributed by atoms with van der Waals surface area (Å²) in [5, 5.41) is 3.39. The summed E-state index contributed by atoms with van der Waals surface area (Å²) in [7, 11) is 0. The van der Waals surface area contributed by atoms with Gasteiger partial charge in [0, 0.05) is 25.0 Å². The van der Waals surface area contributed by atoms with Gasteiger partial charge in [0.2, 0.25) is 5.96 Å². The fraction of sp³-hybridized carbons (Fsp3) is 0.294. The molecular formula is C17H22N4. The van der Waals surface area contributed by atoms with E-state index in [4.69, 9.17) is 4.99 Å². The summed E-state index contributed by atoms with van der Waals surface area (Å²) in [6.45, 7) is 8.05. The Morgan fingerprint density at radius 2 is 1.81 bits per heavy atom. The summed E-state index contributed by atoms with van der Waals surface area (Å²) in [5.74, 6) is 1.58. The van der Waals surface area contributed by atoms with Crippen LogP contribution in [-0.4, -0.2) is 28.9 Å². The zero-order valence-corrected chi connectivity index (χ0v) is 12.9. The third-order valence-corrected chi connectivity index (χ3v) is 3.29. The third kappa shape index (κ3) is 4.05. The smallest absolute Gasteiger partial charge is 0.205 e. The number of aromatic nitrogens is 1. The Bertz CT molecular complexity index is 589. The number of guanidine groups is 1. The van der Waals surface area contributed by atoms with Crippen molar-refractivity contribution in [1.82, 2.24) is 9.88 Å². The maximum Gasteiger partial charge on any atom is 0.205 e. The second kappa shape index (κ2) is 7.43. The molecule has 2 rings (SSSR count). The van der Waals surface area contributed by atoms with Gasteiger partial charge in [-0.15, -0.1) is 0 Å². The van der Waals surface area contributed by atoms with Gasteiger partial charge in [0.1, 0.15) is 0 Å². The lowest BCUT2D eigenvalue weighted by Gasteiger charge is -2.24. The average Bonchev–Trinajstić information content (AvgIpc) is 2.51. The van der Waals surface area contributed by atoms with E-state index in [-0.39, 0.29) is 0 Å². The van der Waals surface area contributed by atoms with Crippen molar-refractivity contribution < 1.29 is 0 Å². The van der Waals surface area contributed by atoms with Crippen LogP contribution < -0.4 is 5.32 Å². The fourth-order valence-electron chi connectivity index (χ4n) is 2.05. The van der Waals surface area contributed by atoms with Gasteiger partial charge in [-0.2, -0.15) is 4.99 Å². The number of pyridine rings is 1. The topological polar surface area (TPSA) is 40.5 Å². The normalized spacial score (nSPS) is 11.3. The predicted molar refractivity (Wildman–Crippen MR) is 89.1 cm³/mol. The molecule has 110 valence electrons. The number of hydrogen-bond acceptors (Lipinski definition) is 2. The number of hydrogen-bond donors (Lipinski definition) is 1. The number of anilines is 1. The molecular weight excluding hydrogens is 260 g/mol. The zero-order valence-electron chi connectivity index (χ0n) is 12.9. The molecule has 0 spiro atoms. The summed E-state index contributed by atoms with van der Waals surface area (Å²) in [4.78, 5) is 11.3. The van der Waals surface area contributed by atoms with Gasteiger partial charge in [-0.05, 0) is 44.5 Å². The lowest BCUT2D eigenvalue weighted by Crippen LogP contribution is -2.36. The van der Waals surface area contributed by atoms with Crippen LogP contribution in [0.1, 0.15) is 19.4 Å². The van der Waals surface area contributed by atoms with Crippen LogP contribution in [0, 0.1) is 6.92 Å². The summed E-state index contributed by atoms with van der Waals surface area (Å²) in [6, 6.07) is 14.0. The number of aliphatic imine (C=N–C) groups is 1. The van der Waals surface area contributed by atoms with Crippen molar-refractivity contribution in [1.29, 1.82) is 0 Å². The van der Waals surface area contributed by atoms with E-state index in [9.17, 15) is 0 Å². The largest absolute Gasteiger partial charge is 0.343 e. The highest BCUT2D eigenvalue weighted by Crippen LogP contribution is 2.15. The molecule has 21 heavy (non-hydrogen) atoms. The number of nitrogens with one attached hydrogen (secondary N) is 1. The van der Waals surface area contributed by atoms with E-state index in [1.54, 1.807) is 6.20 Å². The van der Waals surface area contributed by atoms with Crippen molar-refractivity contribution in [2.24, 2.45) is 4.99 Å². The van der Waals surface area contributed by atoms with Crippen molar-refractivity contribution >= 4 is 17.5 Å². The van der Waals surface area contributed by atoms with Crippen molar-refractivity contribution in [2.45, 2.75) is 20.8 Å². The molecule has 0 saturated carbocycles. The van der Waals surface area contributed by atoms with Gasteiger partial charge in [0.25, 0.3) is 0 Å². The van der Waals surface area contributed by atoms with Crippen LogP contribution in [0.5, 0.6) is 0 Å². The SMILES string of the molecule is CCN(CC)C(=Nc1ncccc1C)Nc1ccccc1. The molecule has 1 aromatic heterocycles. The number of nitrogens with zero attached hydrogens (tertiary/aromatic N) is 3. The van der Waals surface area contributed by atoms with Gasteiger partial charge in [0.15, 0.2) is 5.82 Å². The standard InChI is InChI=1S/C17H22N4/c1-4-21(5-2)17(19-15-11-7-6-8-12-15)20-16-14(3)10-9-13-18-16/h6-13H,4-5H2,1-3H3,(H,18,19,20). The summed E-state index contributed by atoms with van der Waals surface area (Å²) in [5.41, 5.74) is 2.09. The first kappa shape index (κ1) is 15.0. The van der Waals surface area contributed by atoms with E-state index >= 15 is 0 Å². The number of rotatable bonds is 4. The Balaban J connectivity index is 2.34. The van der Waals surface area contributed by atoms with Crippen LogP contribution in [-0.2, 0) is 0 Å². The van der Waals surface area contributed by atoms with Crippen molar-refractivity contribution in [2.75, 3.05) is 18.4 Å². The van der Waals surface area contributed by atoms with Crippen LogP contribution in [0.4, 0.5) is 11.5 Å². The molecule has 2 aromatic rings. The fourth-order valence-corrected chi connectivity index (χ4v) is 2.05. The molecule has 0 bridgehead atoms. The summed E-state index contributed by atoms with van der Waals surface area (Å²) >= 11 is 0. The monoisotopic (exact) mass is 282 g/mol. The van der Waals surface area contributed by atoms with E-state index in [1.807, 2.05) is 49.4 Å². The molecule has 0 unspecified atom stereocenters. The maximum absolute atomic E-state index is 4.72. The lowest BCUT2D eigenvalue weighted by molar-refractivity contribution is 0.464. The van der Waals surface area contributed by atoms with E-state index in [0.717, 1.165) is 36.1 Å². The third-order valence-electron chi connectivity index (χ3n) is 3.29. The van der Waals surface area contributed by atoms with Crippen LogP contribution in [0.2, 0.25) is 0 Å². The Morgan fingerprint density at radius 3 is 2.43 bits per heavy atom. The van der Waals surface area contributed by atoms with Crippen LogP contribution in [0.3, 0.4) is 0 Å². The highest BCUT2D eigenvalue weighted by molar-refractivity contribution is 5.95. The van der Waals surface area contributed by atoms with E-state index in [2.05, 4.69) is 29.0 Å². The highest BCUT2D eigenvalue weighted by atomic mass is 15.3. The minimum atomic E-state index is 0.753. The molecule has 4 heteroatoms. The highest BCUT2D eigenvalue weighted by Gasteiger charge is 2.09. The van der Waals surface area contributed by atoms with Gasteiger partial charge in [0.05, 0.1) is 0 Å². The van der Waals surface area contributed by atoms with Gasteiger partial charge < -0.3 is 10.2 Å². The van der Waals surface area contributed by atoms with Crippen molar-refractivity contribution in [3.8, 4) is 0 Å². The quantitative estimate of drug-likeness (QED) is 0.684. The average molecular weight is 282 g/mol. The summed E-state index contributed by atoms with van der Waals surface area (Å²) < 4.78 is 0. The first-order valence-electron chi connectivity index (χ1n) is 7.32. The van der Waals surface area contributed by atoms with Gasteiger partial charge in [-0.1, -0.05) is 24.3 Å². The first-order chi connectivity index (χ1) is 10.2. The molecule has 0 amide bonds. The molecule has 0 aliphatic heterocycles. The van der Waals surface area contributed by atoms with Crippen LogP contribution in [0.25, 0.3) is 0 Å². The van der Waals surface area contributed by atoms with Crippen LogP contribution >= 0.6 is 0 Å². The number of aryl methyl sites for hydroxylation is 1. The minimum Gasteiger partial charge on any atom is -0.343 e. The molecule has 0 atom stereocenters. The molecule has 1 heterocycles. The molecule has 0 aliphatic carbocycles. The van der Waals surface area contributed by atoms with Gasteiger partial charge in [-0.3, -0.25) is 0 Å². The molecule has 0 fully saturated rings.